The fourth-order valence-corrected chi connectivity index (χ4v) is 5.15. The number of rotatable bonds is 2. The largest absolute Gasteiger partial charge is 0.493 e. The lowest BCUT2D eigenvalue weighted by molar-refractivity contribution is 0.357. The Morgan fingerprint density at radius 3 is 2.72 bits per heavy atom. The average molecular weight is 307 g/mol. The Morgan fingerprint density at radius 2 is 1.94 bits per heavy atom. The summed E-state index contributed by atoms with van der Waals surface area (Å²) in [5.41, 5.74) is 2.87. The van der Waals surface area contributed by atoms with Crippen LogP contribution in [0.4, 0.5) is 0 Å². The van der Waals surface area contributed by atoms with Crippen LogP contribution in [0.2, 0.25) is 0 Å². The highest BCUT2D eigenvalue weighted by Crippen LogP contribution is 2.62. The maximum Gasteiger partial charge on any atom is 0.122 e. The summed E-state index contributed by atoms with van der Waals surface area (Å²) in [5, 5.41) is 0. The van der Waals surface area contributed by atoms with E-state index in [1.165, 1.54) is 36.8 Å². The van der Waals surface area contributed by atoms with Crippen LogP contribution in [0.1, 0.15) is 41.6 Å². The van der Waals surface area contributed by atoms with Crippen molar-refractivity contribution in [1.29, 1.82) is 0 Å². The van der Waals surface area contributed by atoms with Crippen molar-refractivity contribution in [1.82, 2.24) is 0 Å². The monoisotopic (exact) mass is 306 g/mol. The molecule has 0 N–H and O–H groups in total. The van der Waals surface area contributed by atoms with Gasteiger partial charge < -0.3 is 4.74 Å². The molecule has 0 amide bonds. The molecule has 1 aromatic rings. The van der Waals surface area contributed by atoms with Gasteiger partial charge in [-0.25, -0.2) is 0 Å². The number of benzene rings is 1. The van der Waals surface area contributed by atoms with Crippen LogP contribution >= 0.6 is 15.9 Å². The molecule has 2 aliphatic carbocycles. The van der Waals surface area contributed by atoms with Gasteiger partial charge in [0.25, 0.3) is 0 Å². The molecule has 3 aliphatic rings. The Labute approximate surface area is 117 Å². The average Bonchev–Trinajstić information content (AvgIpc) is 2.95. The Bertz CT molecular complexity index is 458. The maximum atomic E-state index is 5.59. The molecule has 0 bridgehead atoms. The van der Waals surface area contributed by atoms with E-state index >= 15 is 0 Å². The van der Waals surface area contributed by atoms with Crippen molar-refractivity contribution in [2.45, 2.75) is 36.9 Å². The van der Waals surface area contributed by atoms with Crippen LogP contribution in [0.25, 0.3) is 0 Å². The molecule has 2 saturated carbocycles. The van der Waals surface area contributed by atoms with Crippen LogP contribution in [-0.4, -0.2) is 6.61 Å². The van der Waals surface area contributed by atoms with E-state index < -0.39 is 0 Å². The molecule has 0 radical (unpaired) electrons. The molecule has 0 aromatic heterocycles. The summed E-state index contributed by atoms with van der Waals surface area (Å²) in [7, 11) is 0. The molecule has 1 aliphatic heterocycles. The third-order valence-corrected chi connectivity index (χ3v) is 6.23. The fourth-order valence-electron chi connectivity index (χ4n) is 4.08. The van der Waals surface area contributed by atoms with Crippen molar-refractivity contribution >= 4 is 15.9 Å². The van der Waals surface area contributed by atoms with Gasteiger partial charge in [-0.1, -0.05) is 40.9 Å². The van der Waals surface area contributed by atoms with Crippen molar-refractivity contribution < 1.29 is 4.74 Å². The van der Waals surface area contributed by atoms with Gasteiger partial charge in [0.1, 0.15) is 5.75 Å². The zero-order valence-electron chi connectivity index (χ0n) is 10.6. The van der Waals surface area contributed by atoms with Crippen molar-refractivity contribution in [3.8, 4) is 5.75 Å². The van der Waals surface area contributed by atoms with E-state index in [-0.39, 0.29) is 0 Å². The fraction of sp³-hybridized carbons (Fsp3) is 0.625. The Kier molecular flexibility index (Phi) is 2.68. The zero-order chi connectivity index (χ0) is 12.1. The second-order valence-electron chi connectivity index (χ2n) is 6.06. The van der Waals surface area contributed by atoms with Gasteiger partial charge in [-0.05, 0) is 47.8 Å². The van der Waals surface area contributed by atoms with E-state index in [2.05, 4.69) is 34.1 Å². The number of hydrogen-bond acceptors (Lipinski definition) is 1. The molecule has 4 rings (SSSR count). The third-order valence-electron chi connectivity index (χ3n) is 5.09. The summed E-state index contributed by atoms with van der Waals surface area (Å²) in [6, 6.07) is 6.79. The van der Waals surface area contributed by atoms with E-state index in [1.54, 1.807) is 0 Å². The predicted octanol–water partition coefficient (Wildman–Crippen LogP) is 4.49. The molecule has 1 aromatic carbocycles. The van der Waals surface area contributed by atoms with Gasteiger partial charge in [-0.2, -0.15) is 0 Å². The van der Waals surface area contributed by atoms with Crippen LogP contribution in [0.15, 0.2) is 18.2 Å². The van der Waals surface area contributed by atoms with Gasteiger partial charge in [0, 0.05) is 11.2 Å². The Hall–Kier alpha value is -0.500. The van der Waals surface area contributed by atoms with Crippen LogP contribution in [0.3, 0.4) is 0 Å². The molecule has 1 nitrogen and oxygen atoms in total. The minimum absolute atomic E-state index is 0.566. The summed E-state index contributed by atoms with van der Waals surface area (Å²) in [6.07, 6.45) is 6.92. The zero-order valence-corrected chi connectivity index (χ0v) is 12.2. The van der Waals surface area contributed by atoms with E-state index in [4.69, 9.17) is 4.74 Å². The standard InChI is InChI=1S/C16H19BrO/c17-16(15-12-3-1-2-4-13(12)15)11-5-6-14-10(9-11)7-8-18-14/h5-6,9,12-13,15-16H,1-4,7-8H2. The molecule has 96 valence electrons. The molecule has 0 saturated heterocycles. The molecular weight excluding hydrogens is 288 g/mol. The van der Waals surface area contributed by atoms with Crippen molar-refractivity contribution in [2.75, 3.05) is 6.61 Å². The first kappa shape index (κ1) is 11.3. The summed E-state index contributed by atoms with van der Waals surface area (Å²) >= 11 is 3.97. The molecule has 3 unspecified atom stereocenters. The van der Waals surface area contributed by atoms with Gasteiger partial charge in [-0.3, -0.25) is 0 Å². The topological polar surface area (TPSA) is 9.23 Å². The molecule has 0 spiro atoms. The van der Waals surface area contributed by atoms with Crippen LogP contribution in [0.5, 0.6) is 5.75 Å². The lowest BCUT2D eigenvalue weighted by Gasteiger charge is -2.11. The number of ether oxygens (including phenoxy) is 1. The normalized spacial score (nSPS) is 34.4. The number of alkyl halides is 1. The lowest BCUT2D eigenvalue weighted by Crippen LogP contribution is -1.96. The summed E-state index contributed by atoms with van der Waals surface area (Å²) in [5.74, 6) is 4.01. The first-order valence-electron chi connectivity index (χ1n) is 7.24. The van der Waals surface area contributed by atoms with Crippen molar-refractivity contribution in [2.24, 2.45) is 17.8 Å². The van der Waals surface area contributed by atoms with Crippen LogP contribution in [0, 0.1) is 17.8 Å². The van der Waals surface area contributed by atoms with Gasteiger partial charge in [-0.15, -0.1) is 0 Å². The second kappa shape index (κ2) is 4.26. The SMILES string of the molecule is BrC(c1ccc2c(c1)CCO2)C1C2CCCCC21. The molecule has 1 heterocycles. The minimum Gasteiger partial charge on any atom is -0.493 e. The van der Waals surface area contributed by atoms with Gasteiger partial charge in [0.05, 0.1) is 6.61 Å². The molecule has 18 heavy (non-hydrogen) atoms. The smallest absolute Gasteiger partial charge is 0.122 e. The number of hydrogen-bond donors (Lipinski definition) is 0. The lowest BCUT2D eigenvalue weighted by atomic mass is 10.0. The van der Waals surface area contributed by atoms with Crippen LogP contribution in [-0.2, 0) is 6.42 Å². The third kappa shape index (κ3) is 1.72. The van der Waals surface area contributed by atoms with Crippen LogP contribution < -0.4 is 4.74 Å². The van der Waals surface area contributed by atoms with E-state index in [0.717, 1.165) is 36.5 Å². The quantitative estimate of drug-likeness (QED) is 0.731. The van der Waals surface area contributed by atoms with E-state index in [1.807, 2.05) is 0 Å². The Balaban J connectivity index is 1.56. The first-order valence-corrected chi connectivity index (χ1v) is 8.16. The summed E-state index contributed by atoms with van der Waals surface area (Å²) in [6.45, 7) is 0.862. The second-order valence-corrected chi connectivity index (χ2v) is 7.04. The highest BCUT2D eigenvalue weighted by atomic mass is 79.9. The molecule has 2 fully saturated rings. The molecule has 3 atom stereocenters. The van der Waals surface area contributed by atoms with Gasteiger partial charge in [0.2, 0.25) is 0 Å². The van der Waals surface area contributed by atoms with Gasteiger partial charge >= 0.3 is 0 Å². The highest BCUT2D eigenvalue weighted by molar-refractivity contribution is 9.09. The first-order chi connectivity index (χ1) is 8.84. The van der Waals surface area contributed by atoms with E-state index in [0.29, 0.717) is 4.83 Å². The summed E-state index contributed by atoms with van der Waals surface area (Å²) in [4.78, 5) is 0.566. The van der Waals surface area contributed by atoms with Gasteiger partial charge in [0.15, 0.2) is 0 Å². The van der Waals surface area contributed by atoms with Crippen molar-refractivity contribution in [3.05, 3.63) is 29.3 Å². The predicted molar refractivity (Wildman–Crippen MR) is 76.2 cm³/mol. The van der Waals surface area contributed by atoms with Crippen molar-refractivity contribution in [3.63, 3.8) is 0 Å². The number of fused-ring (bicyclic) bond motifs is 2. The Morgan fingerprint density at radius 1 is 1.17 bits per heavy atom. The van der Waals surface area contributed by atoms with E-state index in [9.17, 15) is 0 Å². The minimum atomic E-state index is 0.566. The summed E-state index contributed by atoms with van der Waals surface area (Å²) < 4.78 is 5.59. The number of halogens is 1. The molecule has 2 heteroatoms. The maximum absolute atomic E-state index is 5.59. The highest BCUT2D eigenvalue weighted by Gasteiger charge is 2.53. The molecular formula is C16H19BrO.